The fourth-order valence-corrected chi connectivity index (χ4v) is 7.15. The van der Waals surface area contributed by atoms with E-state index in [-0.39, 0.29) is 47.6 Å². The number of amides is 3. The Morgan fingerprint density at radius 3 is 2.22 bits per heavy atom. The number of nitrogens with zero attached hydrogens (tertiary/aromatic N) is 3. The molecular formula is C36H49FN6O7S. The van der Waals surface area contributed by atoms with Crippen molar-refractivity contribution in [2.24, 2.45) is 11.8 Å². The lowest BCUT2D eigenvalue weighted by Gasteiger charge is -2.36. The van der Waals surface area contributed by atoms with Crippen LogP contribution in [0.15, 0.2) is 36.5 Å². The SMILES string of the molecule is CCC(=O)N[C@@H](C(=O)N1CCN(C)CC1)[C@@H](C)c1ccc(NC(=O)[C@@H](CC(=O)C(=O)c2ccc(NS(C)(=O)=O)nc2)C2CCCCCC2)c(F)c1. The average Bonchev–Trinajstić information content (AvgIpc) is 3.39. The number of halogens is 1. The van der Waals surface area contributed by atoms with Gasteiger partial charge >= 0.3 is 0 Å². The van der Waals surface area contributed by atoms with E-state index in [1.165, 1.54) is 24.3 Å². The van der Waals surface area contributed by atoms with Crippen LogP contribution in [0.1, 0.15) is 87.1 Å². The lowest BCUT2D eigenvalue weighted by atomic mass is 9.81. The fraction of sp³-hybridized carbons (Fsp3) is 0.556. The Hall–Kier alpha value is -4.24. The molecule has 1 aliphatic heterocycles. The van der Waals surface area contributed by atoms with E-state index in [0.717, 1.165) is 38.1 Å². The van der Waals surface area contributed by atoms with Gasteiger partial charge in [0.15, 0.2) is 0 Å². The molecule has 15 heteroatoms. The lowest BCUT2D eigenvalue weighted by Crippen LogP contribution is -2.55. The summed E-state index contributed by atoms with van der Waals surface area (Å²) in [6, 6.07) is 5.91. The van der Waals surface area contributed by atoms with Crippen LogP contribution in [0.25, 0.3) is 0 Å². The van der Waals surface area contributed by atoms with E-state index in [0.29, 0.717) is 44.6 Å². The summed E-state index contributed by atoms with van der Waals surface area (Å²) < 4.78 is 40.9. The molecule has 2 aliphatic rings. The van der Waals surface area contributed by atoms with Crippen molar-refractivity contribution in [1.82, 2.24) is 20.1 Å². The molecule has 2 aromatic rings. The summed E-state index contributed by atoms with van der Waals surface area (Å²) in [5.74, 6) is -5.21. The molecule has 2 heterocycles. The largest absolute Gasteiger partial charge is 0.344 e. The highest BCUT2D eigenvalue weighted by molar-refractivity contribution is 7.92. The van der Waals surface area contributed by atoms with E-state index in [9.17, 15) is 32.4 Å². The molecule has 51 heavy (non-hydrogen) atoms. The van der Waals surface area contributed by atoms with Gasteiger partial charge in [0.1, 0.15) is 17.7 Å². The zero-order valence-electron chi connectivity index (χ0n) is 29.7. The molecule has 1 saturated carbocycles. The van der Waals surface area contributed by atoms with Crippen LogP contribution in [0.4, 0.5) is 15.9 Å². The van der Waals surface area contributed by atoms with Crippen LogP contribution < -0.4 is 15.4 Å². The van der Waals surface area contributed by atoms with E-state index in [2.05, 4.69) is 25.2 Å². The first-order chi connectivity index (χ1) is 24.2. The Balaban J connectivity index is 1.51. The van der Waals surface area contributed by atoms with Gasteiger partial charge in [-0.3, -0.25) is 28.7 Å². The molecule has 3 atom stereocenters. The van der Waals surface area contributed by atoms with Gasteiger partial charge in [-0.05, 0) is 55.6 Å². The van der Waals surface area contributed by atoms with Crippen molar-refractivity contribution in [2.45, 2.75) is 77.2 Å². The van der Waals surface area contributed by atoms with Gasteiger partial charge < -0.3 is 20.4 Å². The fourth-order valence-electron chi connectivity index (χ4n) is 6.65. The van der Waals surface area contributed by atoms with Gasteiger partial charge in [-0.15, -0.1) is 0 Å². The number of rotatable bonds is 14. The van der Waals surface area contributed by atoms with Gasteiger partial charge in [0.05, 0.1) is 11.9 Å². The Labute approximate surface area is 299 Å². The minimum Gasteiger partial charge on any atom is -0.344 e. The predicted octanol–water partition coefficient (Wildman–Crippen LogP) is 3.73. The van der Waals surface area contributed by atoms with Crippen molar-refractivity contribution in [2.75, 3.05) is 49.5 Å². The predicted molar refractivity (Wildman–Crippen MR) is 191 cm³/mol. The number of likely N-dealkylation sites (N-methyl/N-ethyl adjacent to an activating group) is 1. The standard InChI is InChI=1S/C36H49FN6O7S/c1-5-32(45)40-33(36(48)43-18-16-42(3)17-19-43)23(2)25-12-14-29(28(37)20-25)39-35(47)27(24-10-8-6-7-9-11-24)21-30(44)34(46)26-13-15-31(38-22-26)41-51(4,49)50/h12-15,20,22-24,27,33H,5-11,16-19,21H2,1-4H3,(H,38,41)(H,39,47)(H,40,45)/t23-,27-,33+/m0/s1. The third-order valence-electron chi connectivity index (χ3n) is 9.78. The van der Waals surface area contributed by atoms with Crippen molar-refractivity contribution in [3.8, 4) is 0 Å². The second-order valence-electron chi connectivity index (χ2n) is 13.7. The first kappa shape index (κ1) is 39.5. The second-order valence-corrected chi connectivity index (χ2v) is 15.4. The summed E-state index contributed by atoms with van der Waals surface area (Å²) in [4.78, 5) is 73.9. The Morgan fingerprint density at radius 1 is 0.980 bits per heavy atom. The summed E-state index contributed by atoms with van der Waals surface area (Å²) in [6.45, 7) is 5.88. The molecular weight excluding hydrogens is 679 g/mol. The number of ketones is 2. The van der Waals surface area contributed by atoms with E-state index in [1.807, 2.05) is 7.05 Å². The minimum atomic E-state index is -3.59. The summed E-state index contributed by atoms with van der Waals surface area (Å²) in [6.07, 6.45) is 6.91. The number of benzene rings is 1. The van der Waals surface area contributed by atoms with E-state index in [1.54, 1.807) is 24.8 Å². The highest BCUT2D eigenvalue weighted by Crippen LogP contribution is 2.33. The number of Topliss-reactive ketones (excluding diaryl/α,β-unsaturated/α-hetero) is 2. The average molecular weight is 729 g/mol. The van der Waals surface area contributed by atoms with Gasteiger partial charge in [-0.2, -0.15) is 0 Å². The number of aromatic nitrogens is 1. The van der Waals surface area contributed by atoms with Crippen molar-refractivity contribution in [1.29, 1.82) is 0 Å². The maximum absolute atomic E-state index is 15.7. The maximum atomic E-state index is 15.7. The molecule has 1 aromatic heterocycles. The number of sulfonamides is 1. The normalized spacial score (nSPS) is 17.8. The van der Waals surface area contributed by atoms with Crippen LogP contribution >= 0.6 is 0 Å². The van der Waals surface area contributed by atoms with Crippen LogP contribution in [0.3, 0.4) is 0 Å². The summed E-state index contributed by atoms with van der Waals surface area (Å²) in [5, 5.41) is 5.47. The number of nitrogens with one attached hydrogen (secondary N) is 3. The van der Waals surface area contributed by atoms with Gasteiger partial charge in [-0.25, -0.2) is 17.8 Å². The first-order valence-electron chi connectivity index (χ1n) is 17.5. The molecule has 0 bridgehead atoms. The molecule has 2 fully saturated rings. The molecule has 1 saturated heterocycles. The minimum absolute atomic E-state index is 0.0116. The van der Waals surface area contributed by atoms with Gasteiger partial charge in [-0.1, -0.05) is 45.6 Å². The zero-order chi connectivity index (χ0) is 37.3. The molecule has 3 N–H and O–H groups in total. The van der Waals surface area contributed by atoms with Crippen molar-refractivity contribution >= 4 is 50.8 Å². The zero-order valence-corrected chi connectivity index (χ0v) is 30.6. The lowest BCUT2D eigenvalue weighted by molar-refractivity contribution is -0.138. The van der Waals surface area contributed by atoms with E-state index >= 15 is 4.39 Å². The number of anilines is 2. The monoisotopic (exact) mass is 728 g/mol. The smallest absolute Gasteiger partial charge is 0.245 e. The number of piperazine rings is 1. The summed E-state index contributed by atoms with van der Waals surface area (Å²) in [5.41, 5.74) is 0.308. The number of carbonyl (C=O) groups is 5. The molecule has 4 rings (SSSR count). The molecule has 0 spiro atoms. The van der Waals surface area contributed by atoms with Crippen LogP contribution in [-0.4, -0.2) is 98.0 Å². The van der Waals surface area contributed by atoms with Gasteiger partial charge in [0.25, 0.3) is 0 Å². The van der Waals surface area contributed by atoms with Crippen LogP contribution in [-0.2, 0) is 29.2 Å². The maximum Gasteiger partial charge on any atom is 0.245 e. The number of pyridine rings is 1. The van der Waals surface area contributed by atoms with E-state index in [4.69, 9.17) is 0 Å². The molecule has 1 aliphatic carbocycles. The second kappa shape index (κ2) is 17.8. The Bertz CT molecular complexity index is 1690. The van der Waals surface area contributed by atoms with Crippen LogP contribution in [0, 0.1) is 17.7 Å². The van der Waals surface area contributed by atoms with Crippen molar-refractivity contribution in [3.63, 3.8) is 0 Å². The molecule has 3 amide bonds. The molecule has 0 unspecified atom stereocenters. The summed E-state index contributed by atoms with van der Waals surface area (Å²) >= 11 is 0. The molecule has 0 radical (unpaired) electrons. The van der Waals surface area contributed by atoms with Gasteiger partial charge in [0.2, 0.25) is 39.3 Å². The summed E-state index contributed by atoms with van der Waals surface area (Å²) in [7, 11) is -1.62. The van der Waals surface area contributed by atoms with Gasteiger partial charge in [0, 0.05) is 62.6 Å². The Kier molecular flexibility index (Phi) is 13.8. The molecule has 13 nitrogen and oxygen atoms in total. The third-order valence-corrected chi connectivity index (χ3v) is 10.4. The third kappa shape index (κ3) is 11.1. The quantitative estimate of drug-likeness (QED) is 0.149. The van der Waals surface area contributed by atoms with Crippen LogP contribution in [0.5, 0.6) is 0 Å². The van der Waals surface area contributed by atoms with Crippen LogP contribution in [0.2, 0.25) is 0 Å². The number of hydrogen-bond donors (Lipinski definition) is 3. The molecule has 1 aromatic carbocycles. The number of hydrogen-bond acceptors (Lipinski definition) is 9. The van der Waals surface area contributed by atoms with Crippen molar-refractivity contribution < 1.29 is 36.8 Å². The van der Waals surface area contributed by atoms with Crippen molar-refractivity contribution in [3.05, 3.63) is 53.5 Å². The topological polar surface area (TPSA) is 175 Å². The first-order valence-corrected chi connectivity index (χ1v) is 19.4. The molecule has 278 valence electrons. The Morgan fingerprint density at radius 2 is 1.65 bits per heavy atom. The number of carbonyl (C=O) groups excluding carboxylic acids is 5. The van der Waals surface area contributed by atoms with E-state index < -0.39 is 51.2 Å². The highest BCUT2D eigenvalue weighted by Gasteiger charge is 2.35. The highest BCUT2D eigenvalue weighted by atomic mass is 32.2.